The molecular formula is C11H14OS. The maximum absolute atomic E-state index is 7.00. The molecule has 0 aliphatic carbocycles. The van der Waals surface area contributed by atoms with Crippen molar-refractivity contribution in [3.8, 4) is 0 Å². The Balaban J connectivity index is 0.000000671. The Labute approximate surface area is 84.8 Å². The van der Waals surface area contributed by atoms with Gasteiger partial charge in [-0.1, -0.05) is 31.4 Å². The minimum atomic E-state index is 0.950. The standard InChI is InChI=1S/C10H10S.CH4O/c1-3-8-5-6-10(11)7-9(8)4-2;1-2/h3-7,11H,1-2H2;2H,1H3. The normalized spacial score (nSPS) is 8.23. The fraction of sp³-hybridized carbons (Fsp3) is 0.0909. The largest absolute Gasteiger partial charge is 0.400 e. The van der Waals surface area contributed by atoms with E-state index in [-0.39, 0.29) is 0 Å². The molecule has 2 heteroatoms. The van der Waals surface area contributed by atoms with Gasteiger partial charge in [0, 0.05) is 12.0 Å². The summed E-state index contributed by atoms with van der Waals surface area (Å²) in [6.07, 6.45) is 3.61. The smallest absolute Gasteiger partial charge is 0.0319 e. The maximum atomic E-state index is 7.00. The lowest BCUT2D eigenvalue weighted by Crippen LogP contribution is -1.78. The van der Waals surface area contributed by atoms with E-state index < -0.39 is 0 Å². The summed E-state index contributed by atoms with van der Waals surface area (Å²) in [6.45, 7) is 7.40. The van der Waals surface area contributed by atoms with Gasteiger partial charge in [-0.15, -0.1) is 12.6 Å². The lowest BCUT2D eigenvalue weighted by atomic mass is 10.1. The first-order valence-electron chi connectivity index (χ1n) is 3.80. The second-order valence-corrected chi connectivity index (χ2v) is 2.74. The fourth-order valence-corrected chi connectivity index (χ4v) is 1.14. The summed E-state index contributed by atoms with van der Waals surface area (Å²) < 4.78 is 0. The van der Waals surface area contributed by atoms with Crippen LogP contribution in [0.4, 0.5) is 0 Å². The minimum absolute atomic E-state index is 0.950. The van der Waals surface area contributed by atoms with Crippen LogP contribution >= 0.6 is 12.6 Å². The summed E-state index contributed by atoms with van der Waals surface area (Å²) in [4.78, 5) is 0.950. The Morgan fingerprint density at radius 2 is 1.69 bits per heavy atom. The van der Waals surface area contributed by atoms with Crippen LogP contribution in [0.1, 0.15) is 11.1 Å². The van der Waals surface area contributed by atoms with Gasteiger partial charge in [-0.3, -0.25) is 0 Å². The number of aliphatic hydroxyl groups excluding tert-OH is 1. The Hall–Kier alpha value is -0.990. The van der Waals surface area contributed by atoms with E-state index in [2.05, 4.69) is 25.8 Å². The highest BCUT2D eigenvalue weighted by molar-refractivity contribution is 7.80. The van der Waals surface area contributed by atoms with E-state index in [1.165, 1.54) is 0 Å². The van der Waals surface area contributed by atoms with Gasteiger partial charge in [0.05, 0.1) is 0 Å². The summed E-state index contributed by atoms with van der Waals surface area (Å²) in [5.74, 6) is 0. The van der Waals surface area contributed by atoms with Crippen molar-refractivity contribution in [3.05, 3.63) is 42.5 Å². The highest BCUT2D eigenvalue weighted by Crippen LogP contribution is 2.16. The third-order valence-electron chi connectivity index (χ3n) is 1.51. The molecule has 70 valence electrons. The van der Waals surface area contributed by atoms with Crippen molar-refractivity contribution in [2.24, 2.45) is 0 Å². The van der Waals surface area contributed by atoms with Gasteiger partial charge in [-0.25, -0.2) is 0 Å². The zero-order valence-corrected chi connectivity index (χ0v) is 8.59. The molecule has 0 spiro atoms. The van der Waals surface area contributed by atoms with Crippen molar-refractivity contribution >= 4 is 24.8 Å². The number of hydrogen-bond donors (Lipinski definition) is 2. The third-order valence-corrected chi connectivity index (χ3v) is 1.79. The molecule has 0 bridgehead atoms. The molecule has 0 fully saturated rings. The molecule has 1 aromatic carbocycles. The quantitative estimate of drug-likeness (QED) is 0.694. The lowest BCUT2D eigenvalue weighted by molar-refractivity contribution is 0.399. The van der Waals surface area contributed by atoms with Gasteiger partial charge in [0.2, 0.25) is 0 Å². The van der Waals surface area contributed by atoms with Gasteiger partial charge < -0.3 is 5.11 Å². The first-order chi connectivity index (χ1) is 6.27. The van der Waals surface area contributed by atoms with Gasteiger partial charge >= 0.3 is 0 Å². The first-order valence-corrected chi connectivity index (χ1v) is 4.25. The van der Waals surface area contributed by atoms with Crippen LogP contribution < -0.4 is 0 Å². The molecular weight excluding hydrogens is 180 g/mol. The molecule has 1 N–H and O–H groups in total. The van der Waals surface area contributed by atoms with Crippen LogP contribution in [-0.2, 0) is 0 Å². The van der Waals surface area contributed by atoms with E-state index in [4.69, 9.17) is 5.11 Å². The predicted octanol–water partition coefficient (Wildman–Crippen LogP) is 2.87. The second kappa shape index (κ2) is 6.52. The van der Waals surface area contributed by atoms with E-state index in [1.807, 2.05) is 24.3 Å². The van der Waals surface area contributed by atoms with E-state index in [0.717, 1.165) is 23.1 Å². The maximum Gasteiger partial charge on any atom is 0.0319 e. The SMILES string of the molecule is C=Cc1ccc(S)cc1C=C.CO. The molecule has 0 aliphatic heterocycles. The summed E-state index contributed by atoms with van der Waals surface area (Å²) in [6, 6.07) is 5.88. The molecule has 0 amide bonds. The summed E-state index contributed by atoms with van der Waals surface area (Å²) >= 11 is 4.21. The van der Waals surface area contributed by atoms with Crippen LogP contribution in [0.3, 0.4) is 0 Å². The van der Waals surface area contributed by atoms with Gasteiger partial charge in [-0.05, 0) is 23.3 Å². The Kier molecular flexibility index (Phi) is 6.02. The Morgan fingerprint density at radius 3 is 2.15 bits per heavy atom. The molecule has 0 saturated carbocycles. The van der Waals surface area contributed by atoms with Crippen LogP contribution in [0.15, 0.2) is 36.3 Å². The van der Waals surface area contributed by atoms with Crippen molar-refractivity contribution in [2.75, 3.05) is 7.11 Å². The number of aliphatic hydroxyl groups is 1. The van der Waals surface area contributed by atoms with Crippen LogP contribution in [-0.4, -0.2) is 12.2 Å². The molecule has 0 atom stereocenters. The molecule has 0 aromatic heterocycles. The van der Waals surface area contributed by atoms with Crippen molar-refractivity contribution in [3.63, 3.8) is 0 Å². The molecule has 1 rings (SSSR count). The molecule has 1 aromatic rings. The van der Waals surface area contributed by atoms with Crippen LogP contribution in [0.25, 0.3) is 12.2 Å². The zero-order chi connectivity index (χ0) is 10.3. The van der Waals surface area contributed by atoms with E-state index >= 15 is 0 Å². The fourth-order valence-electron chi connectivity index (χ4n) is 0.925. The Morgan fingerprint density at radius 1 is 1.15 bits per heavy atom. The van der Waals surface area contributed by atoms with E-state index in [1.54, 1.807) is 6.08 Å². The van der Waals surface area contributed by atoms with Crippen LogP contribution in [0.5, 0.6) is 0 Å². The van der Waals surface area contributed by atoms with Crippen molar-refractivity contribution in [2.45, 2.75) is 4.90 Å². The molecule has 0 radical (unpaired) electrons. The molecule has 1 nitrogen and oxygen atoms in total. The van der Waals surface area contributed by atoms with E-state index in [0.29, 0.717) is 0 Å². The van der Waals surface area contributed by atoms with Gasteiger partial charge in [0.25, 0.3) is 0 Å². The number of benzene rings is 1. The molecule has 0 aliphatic rings. The first kappa shape index (κ1) is 12.0. The zero-order valence-electron chi connectivity index (χ0n) is 7.70. The minimum Gasteiger partial charge on any atom is -0.400 e. The van der Waals surface area contributed by atoms with E-state index in [9.17, 15) is 0 Å². The number of rotatable bonds is 2. The third kappa shape index (κ3) is 3.49. The highest BCUT2D eigenvalue weighted by Gasteiger charge is 1.93. The molecule has 13 heavy (non-hydrogen) atoms. The average molecular weight is 194 g/mol. The lowest BCUT2D eigenvalue weighted by Gasteiger charge is -2.00. The molecule has 0 saturated heterocycles. The number of hydrogen-bond acceptors (Lipinski definition) is 2. The predicted molar refractivity (Wildman–Crippen MR) is 62.0 cm³/mol. The molecule has 0 heterocycles. The number of thiol groups is 1. The summed E-state index contributed by atoms with van der Waals surface area (Å²) in [5.41, 5.74) is 2.17. The van der Waals surface area contributed by atoms with Crippen LogP contribution in [0, 0.1) is 0 Å². The average Bonchev–Trinajstić information content (AvgIpc) is 2.20. The monoisotopic (exact) mass is 194 g/mol. The summed E-state index contributed by atoms with van der Waals surface area (Å²) in [5, 5.41) is 7.00. The second-order valence-electron chi connectivity index (χ2n) is 2.22. The van der Waals surface area contributed by atoms with Crippen LogP contribution in [0.2, 0.25) is 0 Å². The van der Waals surface area contributed by atoms with Crippen molar-refractivity contribution in [1.82, 2.24) is 0 Å². The molecule has 0 unspecified atom stereocenters. The van der Waals surface area contributed by atoms with Gasteiger partial charge in [-0.2, -0.15) is 0 Å². The highest BCUT2D eigenvalue weighted by atomic mass is 32.1. The van der Waals surface area contributed by atoms with Crippen molar-refractivity contribution < 1.29 is 5.11 Å². The summed E-state index contributed by atoms with van der Waals surface area (Å²) in [7, 11) is 1.00. The topological polar surface area (TPSA) is 20.2 Å². The van der Waals surface area contributed by atoms with Crippen molar-refractivity contribution in [1.29, 1.82) is 0 Å². The van der Waals surface area contributed by atoms with Gasteiger partial charge in [0.1, 0.15) is 0 Å². The Bertz CT molecular complexity index is 292. The van der Waals surface area contributed by atoms with Gasteiger partial charge in [0.15, 0.2) is 0 Å².